The van der Waals surface area contributed by atoms with Crippen molar-refractivity contribution in [1.29, 1.82) is 0 Å². The van der Waals surface area contributed by atoms with Crippen molar-refractivity contribution >= 4 is 29.0 Å². The minimum atomic E-state index is -0.300. The molecule has 0 unspecified atom stereocenters. The highest BCUT2D eigenvalue weighted by Gasteiger charge is 2.11. The average Bonchev–Trinajstić information content (AvgIpc) is 2.35. The minimum absolute atomic E-state index is 0.203. The second-order valence-electron chi connectivity index (χ2n) is 3.80. The summed E-state index contributed by atoms with van der Waals surface area (Å²) in [5.41, 5.74) is 7.47. The molecule has 1 aromatic carbocycles. The van der Waals surface area contributed by atoms with Gasteiger partial charge in [-0.3, -0.25) is 4.79 Å². The number of halogens is 1. The maximum absolute atomic E-state index is 12.0. The zero-order valence-electron chi connectivity index (χ0n) is 9.77. The van der Waals surface area contributed by atoms with E-state index in [9.17, 15) is 4.79 Å². The van der Waals surface area contributed by atoms with Crippen LogP contribution in [0.25, 0.3) is 0 Å². The summed E-state index contributed by atoms with van der Waals surface area (Å²) in [5, 5.41) is 3.37. The van der Waals surface area contributed by atoms with Crippen LogP contribution in [0.3, 0.4) is 0 Å². The van der Waals surface area contributed by atoms with E-state index in [1.807, 2.05) is 6.92 Å². The van der Waals surface area contributed by atoms with Crippen LogP contribution in [-0.2, 0) is 0 Å². The Hall–Kier alpha value is -2.07. The van der Waals surface area contributed by atoms with E-state index in [1.165, 1.54) is 6.20 Å². The van der Waals surface area contributed by atoms with Gasteiger partial charge in [0, 0.05) is 16.9 Å². The molecule has 18 heavy (non-hydrogen) atoms. The van der Waals surface area contributed by atoms with E-state index in [0.29, 0.717) is 16.3 Å². The molecule has 2 rings (SSSR count). The van der Waals surface area contributed by atoms with Crippen LogP contribution in [0.15, 0.2) is 36.5 Å². The number of rotatable bonds is 2. The first kappa shape index (κ1) is 12.4. The van der Waals surface area contributed by atoms with Crippen molar-refractivity contribution in [3.8, 4) is 0 Å². The van der Waals surface area contributed by atoms with Gasteiger partial charge in [0.15, 0.2) is 0 Å². The number of benzene rings is 1. The van der Waals surface area contributed by atoms with E-state index in [-0.39, 0.29) is 11.7 Å². The van der Waals surface area contributed by atoms with Gasteiger partial charge >= 0.3 is 0 Å². The van der Waals surface area contributed by atoms with E-state index in [4.69, 9.17) is 17.3 Å². The quantitative estimate of drug-likeness (QED) is 0.873. The Balaban J connectivity index is 2.27. The third-order valence-corrected chi connectivity index (χ3v) is 3.01. The number of anilines is 2. The SMILES string of the molecule is Cc1c(Cl)cccc1NC(=O)c1cccnc1N. The third kappa shape index (κ3) is 2.43. The average molecular weight is 262 g/mol. The molecule has 0 atom stereocenters. The summed E-state index contributed by atoms with van der Waals surface area (Å²) >= 11 is 5.99. The molecule has 0 bridgehead atoms. The van der Waals surface area contributed by atoms with E-state index in [1.54, 1.807) is 30.3 Å². The van der Waals surface area contributed by atoms with E-state index < -0.39 is 0 Å². The molecular formula is C13H12ClN3O. The monoisotopic (exact) mass is 261 g/mol. The Labute approximate surface area is 110 Å². The normalized spacial score (nSPS) is 10.1. The second kappa shape index (κ2) is 5.06. The van der Waals surface area contributed by atoms with Gasteiger partial charge in [-0.15, -0.1) is 0 Å². The number of amides is 1. The largest absolute Gasteiger partial charge is 0.383 e. The minimum Gasteiger partial charge on any atom is -0.383 e. The first-order chi connectivity index (χ1) is 8.59. The first-order valence-electron chi connectivity index (χ1n) is 5.36. The molecule has 0 aliphatic rings. The Kier molecular flexibility index (Phi) is 3.48. The number of hydrogen-bond donors (Lipinski definition) is 2. The highest BCUT2D eigenvalue weighted by Crippen LogP contribution is 2.23. The van der Waals surface area contributed by atoms with Gasteiger partial charge in [-0.2, -0.15) is 0 Å². The number of carbonyl (C=O) groups is 1. The topological polar surface area (TPSA) is 68.0 Å². The lowest BCUT2D eigenvalue weighted by molar-refractivity contribution is 0.102. The van der Waals surface area contributed by atoms with Gasteiger partial charge < -0.3 is 11.1 Å². The smallest absolute Gasteiger partial charge is 0.259 e. The molecule has 0 aliphatic heterocycles. The second-order valence-corrected chi connectivity index (χ2v) is 4.21. The molecule has 92 valence electrons. The molecule has 0 saturated heterocycles. The summed E-state index contributed by atoms with van der Waals surface area (Å²) in [6, 6.07) is 8.61. The van der Waals surface area contributed by atoms with Crippen LogP contribution >= 0.6 is 11.6 Å². The molecule has 0 saturated carbocycles. The van der Waals surface area contributed by atoms with Crippen LogP contribution in [0, 0.1) is 6.92 Å². The highest BCUT2D eigenvalue weighted by atomic mass is 35.5. The van der Waals surface area contributed by atoms with Crippen LogP contribution < -0.4 is 11.1 Å². The highest BCUT2D eigenvalue weighted by molar-refractivity contribution is 6.31. The van der Waals surface area contributed by atoms with Crippen molar-refractivity contribution < 1.29 is 4.79 Å². The predicted molar refractivity (Wildman–Crippen MR) is 72.8 cm³/mol. The number of nitrogen functional groups attached to an aromatic ring is 1. The molecule has 5 heteroatoms. The zero-order chi connectivity index (χ0) is 13.1. The van der Waals surface area contributed by atoms with E-state index in [0.717, 1.165) is 5.56 Å². The standard InChI is InChI=1S/C13H12ClN3O/c1-8-10(14)5-2-6-11(8)17-13(18)9-4-3-7-16-12(9)15/h2-7H,1H3,(H2,15,16)(H,17,18). The molecule has 3 N–H and O–H groups in total. The Morgan fingerprint density at radius 1 is 1.33 bits per heavy atom. The maximum Gasteiger partial charge on any atom is 0.259 e. The third-order valence-electron chi connectivity index (χ3n) is 2.60. The lowest BCUT2D eigenvalue weighted by Gasteiger charge is -2.10. The molecule has 1 heterocycles. The Morgan fingerprint density at radius 2 is 2.11 bits per heavy atom. The number of nitrogens with two attached hydrogens (primary N) is 1. The zero-order valence-corrected chi connectivity index (χ0v) is 10.5. The summed E-state index contributed by atoms with van der Waals surface area (Å²) in [6.07, 6.45) is 1.54. The van der Waals surface area contributed by atoms with Gasteiger partial charge in [0.05, 0.1) is 5.56 Å². The predicted octanol–water partition coefficient (Wildman–Crippen LogP) is 2.88. The van der Waals surface area contributed by atoms with E-state index in [2.05, 4.69) is 10.3 Å². The van der Waals surface area contributed by atoms with Crippen LogP contribution in [-0.4, -0.2) is 10.9 Å². The number of hydrogen-bond acceptors (Lipinski definition) is 3. The van der Waals surface area contributed by atoms with Crippen molar-refractivity contribution in [1.82, 2.24) is 4.98 Å². The van der Waals surface area contributed by atoms with E-state index >= 15 is 0 Å². The van der Waals surface area contributed by atoms with Gasteiger partial charge in [-0.05, 0) is 36.8 Å². The number of pyridine rings is 1. The molecule has 0 radical (unpaired) electrons. The molecule has 1 aromatic heterocycles. The van der Waals surface area contributed by atoms with Crippen molar-refractivity contribution in [3.63, 3.8) is 0 Å². The fraction of sp³-hybridized carbons (Fsp3) is 0.0769. The Morgan fingerprint density at radius 3 is 2.83 bits per heavy atom. The van der Waals surface area contributed by atoms with Crippen molar-refractivity contribution in [3.05, 3.63) is 52.7 Å². The van der Waals surface area contributed by atoms with Crippen LogP contribution in [0.2, 0.25) is 5.02 Å². The number of nitrogens with one attached hydrogen (secondary N) is 1. The fourth-order valence-electron chi connectivity index (χ4n) is 1.54. The lowest BCUT2D eigenvalue weighted by atomic mass is 10.2. The summed E-state index contributed by atoms with van der Waals surface area (Å²) < 4.78 is 0. The van der Waals surface area contributed by atoms with Crippen molar-refractivity contribution in [2.75, 3.05) is 11.1 Å². The van der Waals surface area contributed by atoms with Gasteiger partial charge in [0.25, 0.3) is 5.91 Å². The molecule has 0 spiro atoms. The molecule has 0 aliphatic carbocycles. The van der Waals surface area contributed by atoms with Crippen molar-refractivity contribution in [2.45, 2.75) is 6.92 Å². The number of nitrogens with zero attached hydrogens (tertiary/aromatic N) is 1. The number of aromatic nitrogens is 1. The van der Waals surface area contributed by atoms with Gasteiger partial charge in [-0.25, -0.2) is 4.98 Å². The van der Waals surface area contributed by atoms with Crippen molar-refractivity contribution in [2.24, 2.45) is 0 Å². The maximum atomic E-state index is 12.0. The Bertz CT molecular complexity index is 599. The van der Waals surface area contributed by atoms with Gasteiger partial charge in [0.2, 0.25) is 0 Å². The summed E-state index contributed by atoms with van der Waals surface area (Å²) in [4.78, 5) is 15.9. The molecular weight excluding hydrogens is 250 g/mol. The number of carbonyl (C=O) groups excluding carboxylic acids is 1. The lowest BCUT2D eigenvalue weighted by Crippen LogP contribution is -2.15. The molecule has 0 fully saturated rings. The van der Waals surface area contributed by atoms with Gasteiger partial charge in [0.1, 0.15) is 5.82 Å². The molecule has 1 amide bonds. The summed E-state index contributed by atoms with van der Waals surface area (Å²) in [7, 11) is 0. The first-order valence-corrected chi connectivity index (χ1v) is 5.74. The van der Waals surface area contributed by atoms with Crippen LogP contribution in [0.4, 0.5) is 11.5 Å². The fourth-order valence-corrected chi connectivity index (χ4v) is 1.72. The molecule has 4 nitrogen and oxygen atoms in total. The molecule has 2 aromatic rings. The summed E-state index contributed by atoms with van der Waals surface area (Å²) in [6.45, 7) is 1.84. The summed E-state index contributed by atoms with van der Waals surface area (Å²) in [5.74, 6) is -0.0966. The van der Waals surface area contributed by atoms with Crippen LogP contribution in [0.1, 0.15) is 15.9 Å². The van der Waals surface area contributed by atoms with Gasteiger partial charge in [-0.1, -0.05) is 17.7 Å². The van der Waals surface area contributed by atoms with Crippen LogP contribution in [0.5, 0.6) is 0 Å².